The molecule has 0 bridgehead atoms. The van der Waals surface area contributed by atoms with E-state index >= 15 is 0 Å². The van der Waals surface area contributed by atoms with Crippen LogP contribution in [0.25, 0.3) is 0 Å². The molecule has 152 valence electrons. The first-order valence-corrected chi connectivity index (χ1v) is 9.83. The topological polar surface area (TPSA) is 63.6 Å². The first kappa shape index (κ1) is 19.4. The lowest BCUT2D eigenvalue weighted by Gasteiger charge is -2.36. The standard InChI is InChI=1S/C21H22ClN3O4/c1-15(16-6-7-19-20(12-16)28-14-27-19)23-29-13-21(26)25-10-8-24(9-11-25)18-5-3-2-4-17(18)22/h2-7,12H,8-11,13-14H2,1H3/b23-15-. The Kier molecular flexibility index (Phi) is 5.76. The molecule has 2 aromatic carbocycles. The molecule has 2 aromatic rings. The van der Waals surface area contributed by atoms with Crippen LogP contribution in [0.3, 0.4) is 0 Å². The maximum atomic E-state index is 12.4. The van der Waals surface area contributed by atoms with Crippen molar-refractivity contribution in [2.24, 2.45) is 5.16 Å². The van der Waals surface area contributed by atoms with Gasteiger partial charge in [-0.1, -0.05) is 28.9 Å². The van der Waals surface area contributed by atoms with Crippen LogP contribution in [0.4, 0.5) is 5.69 Å². The molecule has 0 aromatic heterocycles. The Hall–Kier alpha value is -2.93. The van der Waals surface area contributed by atoms with E-state index in [0.29, 0.717) is 30.3 Å². The number of benzene rings is 2. The van der Waals surface area contributed by atoms with Crippen molar-refractivity contribution in [1.82, 2.24) is 4.90 Å². The molecule has 0 N–H and O–H groups in total. The number of hydrogen-bond donors (Lipinski definition) is 0. The molecule has 2 heterocycles. The third-order valence-corrected chi connectivity index (χ3v) is 5.32. The third kappa shape index (κ3) is 4.40. The van der Waals surface area contributed by atoms with Crippen molar-refractivity contribution in [2.75, 3.05) is 44.5 Å². The van der Waals surface area contributed by atoms with Gasteiger partial charge in [0.2, 0.25) is 6.79 Å². The zero-order valence-electron chi connectivity index (χ0n) is 16.1. The average molecular weight is 416 g/mol. The summed E-state index contributed by atoms with van der Waals surface area (Å²) < 4.78 is 10.7. The van der Waals surface area contributed by atoms with E-state index in [2.05, 4.69) is 10.1 Å². The molecular formula is C21H22ClN3O4. The smallest absolute Gasteiger partial charge is 0.263 e. The van der Waals surface area contributed by atoms with Gasteiger partial charge in [-0.2, -0.15) is 0 Å². The Labute approximate surface area is 174 Å². The summed E-state index contributed by atoms with van der Waals surface area (Å²) >= 11 is 6.26. The van der Waals surface area contributed by atoms with Gasteiger partial charge in [0.05, 0.1) is 16.4 Å². The summed E-state index contributed by atoms with van der Waals surface area (Å²) in [5, 5.41) is 4.80. The summed E-state index contributed by atoms with van der Waals surface area (Å²) in [5.41, 5.74) is 2.52. The van der Waals surface area contributed by atoms with E-state index in [-0.39, 0.29) is 19.3 Å². The molecule has 29 heavy (non-hydrogen) atoms. The van der Waals surface area contributed by atoms with Crippen LogP contribution < -0.4 is 14.4 Å². The summed E-state index contributed by atoms with van der Waals surface area (Å²) in [6, 6.07) is 13.3. The molecular weight excluding hydrogens is 394 g/mol. The molecule has 0 atom stereocenters. The molecule has 0 aliphatic carbocycles. The lowest BCUT2D eigenvalue weighted by atomic mass is 10.1. The second-order valence-electron chi connectivity index (χ2n) is 6.84. The van der Waals surface area contributed by atoms with Crippen LogP contribution in [-0.2, 0) is 9.63 Å². The molecule has 8 heteroatoms. The Morgan fingerprint density at radius 1 is 1.10 bits per heavy atom. The fraction of sp³-hybridized carbons (Fsp3) is 0.333. The predicted molar refractivity (Wildman–Crippen MR) is 111 cm³/mol. The number of piperazine rings is 1. The Balaban J connectivity index is 1.27. The molecule has 1 amide bonds. The number of carbonyl (C=O) groups excluding carboxylic acids is 1. The molecule has 1 saturated heterocycles. The largest absolute Gasteiger partial charge is 0.454 e. The second-order valence-corrected chi connectivity index (χ2v) is 7.24. The van der Waals surface area contributed by atoms with Crippen molar-refractivity contribution in [3.05, 3.63) is 53.1 Å². The van der Waals surface area contributed by atoms with Gasteiger partial charge in [-0.05, 0) is 37.3 Å². The van der Waals surface area contributed by atoms with Crippen molar-refractivity contribution in [3.8, 4) is 11.5 Å². The minimum Gasteiger partial charge on any atom is -0.454 e. The third-order valence-electron chi connectivity index (χ3n) is 5.01. The van der Waals surface area contributed by atoms with Crippen molar-refractivity contribution < 1.29 is 19.1 Å². The van der Waals surface area contributed by atoms with Crippen molar-refractivity contribution in [2.45, 2.75) is 6.92 Å². The molecule has 1 fully saturated rings. The number of fused-ring (bicyclic) bond motifs is 1. The number of hydrogen-bond acceptors (Lipinski definition) is 6. The Morgan fingerprint density at radius 3 is 2.66 bits per heavy atom. The first-order valence-electron chi connectivity index (χ1n) is 9.45. The van der Waals surface area contributed by atoms with Gasteiger partial charge in [-0.25, -0.2) is 0 Å². The van der Waals surface area contributed by atoms with Gasteiger partial charge in [0.25, 0.3) is 5.91 Å². The van der Waals surface area contributed by atoms with Crippen LogP contribution in [-0.4, -0.2) is 56.1 Å². The molecule has 2 aliphatic heterocycles. The fourth-order valence-electron chi connectivity index (χ4n) is 3.35. The van der Waals surface area contributed by atoms with E-state index in [4.69, 9.17) is 25.9 Å². The van der Waals surface area contributed by atoms with E-state index in [1.54, 1.807) is 4.90 Å². The molecule has 4 rings (SSSR count). The fourth-order valence-corrected chi connectivity index (χ4v) is 3.61. The number of nitrogens with zero attached hydrogens (tertiary/aromatic N) is 3. The van der Waals surface area contributed by atoms with E-state index in [0.717, 1.165) is 29.4 Å². The van der Waals surface area contributed by atoms with E-state index in [9.17, 15) is 4.79 Å². The quantitative estimate of drug-likeness (QED) is 0.554. The van der Waals surface area contributed by atoms with Gasteiger partial charge in [0, 0.05) is 31.7 Å². The second kappa shape index (κ2) is 8.61. The van der Waals surface area contributed by atoms with Crippen molar-refractivity contribution in [1.29, 1.82) is 0 Å². The monoisotopic (exact) mass is 415 g/mol. The van der Waals surface area contributed by atoms with Gasteiger partial charge in [0.1, 0.15) is 0 Å². The lowest BCUT2D eigenvalue weighted by molar-refractivity contribution is -0.136. The highest BCUT2D eigenvalue weighted by atomic mass is 35.5. The Bertz CT molecular complexity index is 926. The maximum absolute atomic E-state index is 12.4. The highest BCUT2D eigenvalue weighted by molar-refractivity contribution is 6.33. The van der Waals surface area contributed by atoms with Gasteiger partial charge >= 0.3 is 0 Å². The van der Waals surface area contributed by atoms with Gasteiger partial charge in [0.15, 0.2) is 18.1 Å². The van der Waals surface area contributed by atoms with Crippen molar-refractivity contribution in [3.63, 3.8) is 0 Å². The summed E-state index contributed by atoms with van der Waals surface area (Å²) in [4.78, 5) is 21.7. The lowest BCUT2D eigenvalue weighted by Crippen LogP contribution is -2.49. The molecule has 7 nitrogen and oxygen atoms in total. The first-order chi connectivity index (χ1) is 14.1. The summed E-state index contributed by atoms with van der Waals surface area (Å²) in [5.74, 6) is 1.32. The van der Waals surface area contributed by atoms with Crippen LogP contribution >= 0.6 is 11.6 Å². The average Bonchev–Trinajstić information content (AvgIpc) is 3.22. The van der Waals surface area contributed by atoms with E-state index in [1.165, 1.54) is 0 Å². The molecule has 0 saturated carbocycles. The molecule has 0 radical (unpaired) electrons. The summed E-state index contributed by atoms with van der Waals surface area (Å²) in [7, 11) is 0. The van der Waals surface area contributed by atoms with Gasteiger partial charge in [-0.3, -0.25) is 4.79 Å². The molecule has 0 spiro atoms. The Morgan fingerprint density at radius 2 is 1.86 bits per heavy atom. The number of halogens is 1. The number of ether oxygens (including phenoxy) is 2. The van der Waals surface area contributed by atoms with E-state index < -0.39 is 0 Å². The van der Waals surface area contributed by atoms with Crippen LogP contribution in [0.1, 0.15) is 12.5 Å². The van der Waals surface area contributed by atoms with Gasteiger partial charge < -0.3 is 24.1 Å². The number of amides is 1. The van der Waals surface area contributed by atoms with Crippen LogP contribution in [0.5, 0.6) is 11.5 Å². The number of para-hydroxylation sites is 1. The number of anilines is 1. The predicted octanol–water partition coefficient (Wildman–Crippen LogP) is 3.16. The summed E-state index contributed by atoms with van der Waals surface area (Å²) in [6.45, 7) is 4.67. The van der Waals surface area contributed by atoms with Crippen LogP contribution in [0.15, 0.2) is 47.6 Å². The van der Waals surface area contributed by atoms with Crippen LogP contribution in [0, 0.1) is 0 Å². The minimum atomic E-state index is -0.0893. The van der Waals surface area contributed by atoms with Gasteiger partial charge in [-0.15, -0.1) is 0 Å². The SMILES string of the molecule is C/C(=N/OCC(=O)N1CCN(c2ccccc2Cl)CC1)c1ccc2c(c1)OCO2. The van der Waals surface area contributed by atoms with Crippen molar-refractivity contribution >= 4 is 28.9 Å². The number of oxime groups is 1. The minimum absolute atomic E-state index is 0.0777. The zero-order valence-corrected chi connectivity index (χ0v) is 16.9. The molecule has 2 aliphatic rings. The highest BCUT2D eigenvalue weighted by Crippen LogP contribution is 2.32. The highest BCUT2D eigenvalue weighted by Gasteiger charge is 2.22. The normalized spacial score (nSPS) is 16.1. The number of rotatable bonds is 5. The maximum Gasteiger partial charge on any atom is 0.263 e. The van der Waals surface area contributed by atoms with Crippen LogP contribution in [0.2, 0.25) is 5.02 Å². The summed E-state index contributed by atoms with van der Waals surface area (Å²) in [6.07, 6.45) is 0. The molecule has 0 unspecified atom stereocenters. The zero-order chi connectivity index (χ0) is 20.2. The van der Waals surface area contributed by atoms with E-state index in [1.807, 2.05) is 49.4 Å². The number of carbonyl (C=O) groups is 1.